The predicted molar refractivity (Wildman–Crippen MR) is 83.3 cm³/mol. The summed E-state index contributed by atoms with van der Waals surface area (Å²) < 4.78 is 2.00. The Kier molecular flexibility index (Phi) is 2.83. The summed E-state index contributed by atoms with van der Waals surface area (Å²) in [7, 11) is 0. The van der Waals surface area contributed by atoms with Gasteiger partial charge in [0.05, 0.1) is 0 Å². The van der Waals surface area contributed by atoms with Crippen molar-refractivity contribution in [2.24, 2.45) is 0 Å². The van der Waals surface area contributed by atoms with Crippen molar-refractivity contribution in [2.75, 3.05) is 0 Å². The van der Waals surface area contributed by atoms with E-state index >= 15 is 0 Å². The Morgan fingerprint density at radius 2 is 1.28 bits per heavy atom. The second-order valence-corrected chi connectivity index (χ2v) is 6.18. The predicted octanol–water partition coefficient (Wildman–Crippen LogP) is 5.53. The third-order valence-corrected chi connectivity index (χ3v) is 4.25. The van der Waals surface area contributed by atoms with Gasteiger partial charge in [-0.3, -0.25) is 0 Å². The number of halogens is 2. The minimum atomic E-state index is 0.358. The molecule has 0 spiro atoms. The maximum Gasteiger partial charge on any atom is 0.126 e. The Bertz CT molecular complexity index is 712. The lowest BCUT2D eigenvalue weighted by Crippen LogP contribution is -1.85. The van der Waals surface area contributed by atoms with Crippen molar-refractivity contribution in [3.63, 3.8) is 0 Å². The molecule has 0 saturated heterocycles. The normalized spacial score (nSPS) is 11.3. The monoisotopic (exact) mass is 364 g/mol. The van der Waals surface area contributed by atoms with E-state index < -0.39 is 0 Å². The Balaban J connectivity index is 2.62. The first-order valence-electron chi connectivity index (χ1n) is 5.58. The van der Waals surface area contributed by atoms with Crippen LogP contribution in [0, 0.1) is 6.92 Å². The van der Waals surface area contributed by atoms with E-state index in [1.54, 1.807) is 0 Å². The van der Waals surface area contributed by atoms with Crippen LogP contribution in [0.15, 0.2) is 45.3 Å². The van der Waals surface area contributed by atoms with Crippen LogP contribution >= 0.6 is 31.9 Å². The summed E-state index contributed by atoms with van der Waals surface area (Å²) in [5, 5.41) is 14.5. The number of phenolic OH excluding ortho intramolecular Hbond substituents is 1. The van der Waals surface area contributed by atoms with Crippen LogP contribution in [-0.2, 0) is 0 Å². The molecular formula is C15H10Br2O. The summed E-state index contributed by atoms with van der Waals surface area (Å²) >= 11 is 6.93. The smallest absolute Gasteiger partial charge is 0.126 e. The quantitative estimate of drug-likeness (QED) is 0.519. The number of fused-ring (bicyclic) bond motifs is 3. The summed E-state index contributed by atoms with van der Waals surface area (Å²) in [5.74, 6) is 0.358. The van der Waals surface area contributed by atoms with Gasteiger partial charge >= 0.3 is 0 Å². The molecule has 0 radical (unpaired) electrons. The standard InChI is InChI=1S/C15H10Br2O/c1-8-13-6-9(16)2-4-11(13)12-5-3-10(17)7-14(12)15(8)18/h2-7,18H,1H3. The van der Waals surface area contributed by atoms with Gasteiger partial charge in [-0.2, -0.15) is 0 Å². The third-order valence-electron chi connectivity index (χ3n) is 3.27. The number of rotatable bonds is 0. The maximum atomic E-state index is 10.3. The number of aromatic hydroxyl groups is 1. The molecule has 0 aliphatic carbocycles. The molecule has 0 atom stereocenters. The molecule has 0 aliphatic heterocycles. The fourth-order valence-electron chi connectivity index (χ4n) is 2.34. The zero-order valence-electron chi connectivity index (χ0n) is 9.67. The molecule has 3 aromatic carbocycles. The molecule has 3 heteroatoms. The zero-order valence-corrected chi connectivity index (χ0v) is 12.8. The molecule has 0 aliphatic rings. The highest BCUT2D eigenvalue weighted by molar-refractivity contribution is 9.10. The van der Waals surface area contributed by atoms with E-state index in [2.05, 4.69) is 37.9 Å². The average Bonchev–Trinajstić information content (AvgIpc) is 2.36. The van der Waals surface area contributed by atoms with Gasteiger partial charge in [-0.25, -0.2) is 0 Å². The van der Waals surface area contributed by atoms with Crippen molar-refractivity contribution in [1.29, 1.82) is 0 Å². The third kappa shape index (κ3) is 1.73. The minimum absolute atomic E-state index is 0.358. The number of hydrogen-bond donors (Lipinski definition) is 1. The summed E-state index contributed by atoms with van der Waals surface area (Å²) in [6.07, 6.45) is 0. The molecule has 0 saturated carbocycles. The van der Waals surface area contributed by atoms with Crippen molar-refractivity contribution in [3.8, 4) is 5.75 Å². The van der Waals surface area contributed by atoms with E-state index in [1.165, 1.54) is 0 Å². The van der Waals surface area contributed by atoms with Gasteiger partial charge in [0.15, 0.2) is 0 Å². The second-order valence-electron chi connectivity index (χ2n) is 4.35. The molecule has 0 fully saturated rings. The van der Waals surface area contributed by atoms with Crippen molar-refractivity contribution < 1.29 is 5.11 Å². The lowest BCUT2D eigenvalue weighted by Gasteiger charge is -2.11. The molecule has 18 heavy (non-hydrogen) atoms. The highest BCUT2D eigenvalue weighted by Crippen LogP contribution is 2.38. The molecule has 1 N–H and O–H groups in total. The van der Waals surface area contributed by atoms with Crippen LogP contribution in [0.1, 0.15) is 5.56 Å². The van der Waals surface area contributed by atoms with Crippen LogP contribution < -0.4 is 0 Å². The molecule has 0 bridgehead atoms. The number of aryl methyl sites for hydroxylation is 1. The van der Waals surface area contributed by atoms with Crippen LogP contribution in [0.5, 0.6) is 5.75 Å². The Hall–Kier alpha value is -1.06. The number of benzene rings is 3. The molecular weight excluding hydrogens is 356 g/mol. The van der Waals surface area contributed by atoms with Gasteiger partial charge < -0.3 is 5.11 Å². The first-order chi connectivity index (χ1) is 8.58. The van der Waals surface area contributed by atoms with Crippen LogP contribution in [0.3, 0.4) is 0 Å². The van der Waals surface area contributed by atoms with E-state index in [9.17, 15) is 5.11 Å². The number of phenols is 1. The summed E-state index contributed by atoms with van der Waals surface area (Å²) in [6.45, 7) is 1.95. The lowest BCUT2D eigenvalue weighted by molar-refractivity contribution is 0.478. The average molecular weight is 366 g/mol. The highest BCUT2D eigenvalue weighted by atomic mass is 79.9. The van der Waals surface area contributed by atoms with Crippen LogP contribution in [0.4, 0.5) is 0 Å². The van der Waals surface area contributed by atoms with Crippen LogP contribution in [0.2, 0.25) is 0 Å². The fourth-order valence-corrected chi connectivity index (χ4v) is 3.06. The van der Waals surface area contributed by atoms with E-state index in [0.29, 0.717) is 5.75 Å². The van der Waals surface area contributed by atoms with Crippen molar-refractivity contribution in [1.82, 2.24) is 0 Å². The summed E-state index contributed by atoms with van der Waals surface area (Å²) in [6, 6.07) is 12.2. The van der Waals surface area contributed by atoms with Crippen LogP contribution in [0.25, 0.3) is 21.5 Å². The molecule has 0 aromatic heterocycles. The van der Waals surface area contributed by atoms with Crippen molar-refractivity contribution >= 4 is 53.4 Å². The van der Waals surface area contributed by atoms with E-state index in [4.69, 9.17) is 0 Å². The zero-order chi connectivity index (χ0) is 12.9. The second kappa shape index (κ2) is 4.25. The Labute approximate surface area is 122 Å². The molecule has 0 unspecified atom stereocenters. The molecule has 3 rings (SSSR count). The van der Waals surface area contributed by atoms with Gasteiger partial charge in [-0.15, -0.1) is 0 Å². The Morgan fingerprint density at radius 3 is 1.89 bits per heavy atom. The van der Waals surface area contributed by atoms with Gasteiger partial charge in [0, 0.05) is 14.3 Å². The Morgan fingerprint density at radius 1 is 0.778 bits per heavy atom. The summed E-state index contributed by atoms with van der Waals surface area (Å²) in [5.41, 5.74) is 0.914. The van der Waals surface area contributed by atoms with Gasteiger partial charge in [0.25, 0.3) is 0 Å². The minimum Gasteiger partial charge on any atom is -0.507 e. The van der Waals surface area contributed by atoms with E-state index in [-0.39, 0.29) is 0 Å². The largest absolute Gasteiger partial charge is 0.507 e. The van der Waals surface area contributed by atoms with Crippen molar-refractivity contribution in [2.45, 2.75) is 6.92 Å². The molecule has 1 nitrogen and oxygen atoms in total. The maximum absolute atomic E-state index is 10.3. The molecule has 90 valence electrons. The molecule has 0 amide bonds. The molecule has 3 aromatic rings. The van der Waals surface area contributed by atoms with Crippen LogP contribution in [-0.4, -0.2) is 5.11 Å². The SMILES string of the molecule is Cc1c(O)c2cc(Br)ccc2c2ccc(Br)cc12. The van der Waals surface area contributed by atoms with Crippen molar-refractivity contribution in [3.05, 3.63) is 50.9 Å². The first-order valence-corrected chi connectivity index (χ1v) is 7.16. The fraction of sp³-hybridized carbons (Fsp3) is 0.0667. The summed E-state index contributed by atoms with van der Waals surface area (Å²) in [4.78, 5) is 0. The number of hydrogen-bond acceptors (Lipinski definition) is 1. The first kappa shape index (κ1) is 12.0. The van der Waals surface area contributed by atoms with E-state index in [0.717, 1.165) is 36.1 Å². The van der Waals surface area contributed by atoms with Gasteiger partial charge in [0.2, 0.25) is 0 Å². The van der Waals surface area contributed by atoms with E-state index in [1.807, 2.05) is 37.3 Å². The van der Waals surface area contributed by atoms with Gasteiger partial charge in [-0.05, 0) is 52.9 Å². The van der Waals surface area contributed by atoms with Gasteiger partial charge in [0.1, 0.15) is 5.75 Å². The topological polar surface area (TPSA) is 20.2 Å². The lowest BCUT2D eigenvalue weighted by atomic mass is 9.97. The highest BCUT2D eigenvalue weighted by Gasteiger charge is 2.11. The molecule has 0 heterocycles. The van der Waals surface area contributed by atoms with Gasteiger partial charge in [-0.1, -0.05) is 44.0 Å².